The van der Waals surface area contributed by atoms with E-state index in [2.05, 4.69) is 15.9 Å². The molecule has 0 saturated carbocycles. The van der Waals surface area contributed by atoms with Gasteiger partial charge in [-0.1, -0.05) is 0 Å². The summed E-state index contributed by atoms with van der Waals surface area (Å²) in [6.07, 6.45) is -0.519. The molecule has 80 valence electrons. The summed E-state index contributed by atoms with van der Waals surface area (Å²) in [6, 6.07) is 2.07. The van der Waals surface area contributed by atoms with Gasteiger partial charge < -0.3 is 5.11 Å². The fourth-order valence-corrected chi connectivity index (χ4v) is 1.61. The zero-order chi connectivity index (χ0) is 11.6. The highest BCUT2D eigenvalue weighted by Gasteiger charge is 2.22. The Hall–Kier alpha value is -1.50. The van der Waals surface area contributed by atoms with Crippen LogP contribution in [0.3, 0.4) is 0 Å². The van der Waals surface area contributed by atoms with E-state index in [1.165, 1.54) is 0 Å². The molecule has 0 amide bonds. The Balaban J connectivity index is 3.33. The number of hydrogen-bond acceptors (Lipinski definition) is 3. The van der Waals surface area contributed by atoms with Crippen molar-refractivity contribution in [3.63, 3.8) is 0 Å². The Labute approximate surface area is 91.8 Å². The molecule has 5 nitrogen and oxygen atoms in total. The third kappa shape index (κ3) is 2.50. The van der Waals surface area contributed by atoms with Crippen LogP contribution in [0.2, 0.25) is 0 Å². The van der Waals surface area contributed by atoms with Gasteiger partial charge in [0.25, 0.3) is 5.69 Å². The van der Waals surface area contributed by atoms with Crippen molar-refractivity contribution < 1.29 is 19.2 Å². The normalized spacial score (nSPS) is 10.0. The first-order chi connectivity index (χ1) is 6.93. The number of carboxylic acid groups (broad SMARTS) is 1. The summed E-state index contributed by atoms with van der Waals surface area (Å²) < 4.78 is 12.6. The molecule has 0 fully saturated rings. The Kier molecular flexibility index (Phi) is 3.35. The SMILES string of the molecule is O=C(O)Cc1ccc(F)c(Br)c1[N+](=O)[O-]. The molecule has 1 aromatic carbocycles. The minimum Gasteiger partial charge on any atom is -0.481 e. The molecule has 1 rings (SSSR count). The van der Waals surface area contributed by atoms with Crippen LogP contribution in [0.15, 0.2) is 16.6 Å². The quantitative estimate of drug-likeness (QED) is 0.678. The zero-order valence-electron chi connectivity index (χ0n) is 7.24. The van der Waals surface area contributed by atoms with Crippen LogP contribution >= 0.6 is 15.9 Å². The van der Waals surface area contributed by atoms with Crippen LogP contribution in [-0.2, 0) is 11.2 Å². The molecular formula is C8H5BrFNO4. The van der Waals surface area contributed by atoms with Crippen molar-refractivity contribution in [1.29, 1.82) is 0 Å². The number of hydrogen-bond donors (Lipinski definition) is 1. The van der Waals surface area contributed by atoms with E-state index in [4.69, 9.17) is 5.11 Å². The molecule has 0 bridgehead atoms. The zero-order valence-corrected chi connectivity index (χ0v) is 8.82. The highest BCUT2D eigenvalue weighted by atomic mass is 79.9. The van der Waals surface area contributed by atoms with Crippen molar-refractivity contribution in [2.45, 2.75) is 6.42 Å². The Morgan fingerprint density at radius 1 is 1.60 bits per heavy atom. The molecule has 0 aliphatic carbocycles. The highest BCUT2D eigenvalue weighted by molar-refractivity contribution is 9.10. The number of halogens is 2. The smallest absolute Gasteiger partial charge is 0.308 e. The van der Waals surface area contributed by atoms with Crippen LogP contribution in [-0.4, -0.2) is 16.0 Å². The van der Waals surface area contributed by atoms with Crippen molar-refractivity contribution in [3.8, 4) is 0 Å². The number of nitro groups is 1. The van der Waals surface area contributed by atoms with Crippen molar-refractivity contribution >= 4 is 27.6 Å². The fourth-order valence-electron chi connectivity index (χ4n) is 1.08. The third-order valence-electron chi connectivity index (χ3n) is 1.68. The highest BCUT2D eigenvalue weighted by Crippen LogP contribution is 2.31. The van der Waals surface area contributed by atoms with Gasteiger partial charge in [-0.25, -0.2) is 4.39 Å². The summed E-state index contributed by atoms with van der Waals surface area (Å²) in [5.74, 6) is -2.01. The predicted molar refractivity (Wildman–Crippen MR) is 52.1 cm³/mol. The second kappa shape index (κ2) is 4.35. The predicted octanol–water partition coefficient (Wildman–Crippen LogP) is 2.12. The summed E-state index contributed by atoms with van der Waals surface area (Å²) in [4.78, 5) is 20.2. The van der Waals surface area contributed by atoms with Gasteiger partial charge in [-0.2, -0.15) is 0 Å². The van der Waals surface area contributed by atoms with Gasteiger partial charge in [-0.3, -0.25) is 14.9 Å². The molecule has 0 saturated heterocycles. The number of benzene rings is 1. The van der Waals surface area contributed by atoms with Gasteiger partial charge in [0, 0.05) is 5.56 Å². The van der Waals surface area contributed by atoms with E-state index in [1.54, 1.807) is 0 Å². The topological polar surface area (TPSA) is 80.4 Å². The molecule has 0 aliphatic rings. The minimum absolute atomic E-state index is 0.0409. The standard InChI is InChI=1S/C8H5BrFNO4/c9-7-5(10)2-1-4(3-6(12)13)8(7)11(14)15/h1-2H,3H2,(H,12,13). The van der Waals surface area contributed by atoms with Crippen LogP contribution < -0.4 is 0 Å². The number of carbonyl (C=O) groups is 1. The lowest BCUT2D eigenvalue weighted by atomic mass is 10.1. The summed E-state index contributed by atoms with van der Waals surface area (Å²) in [5, 5.41) is 19.1. The van der Waals surface area contributed by atoms with Crippen molar-refractivity contribution in [2.75, 3.05) is 0 Å². The van der Waals surface area contributed by atoms with E-state index < -0.39 is 28.8 Å². The first kappa shape index (κ1) is 11.6. The maximum Gasteiger partial charge on any atom is 0.308 e. The maximum atomic E-state index is 13.0. The van der Waals surface area contributed by atoms with E-state index in [1.807, 2.05) is 0 Å². The Morgan fingerprint density at radius 2 is 2.20 bits per heavy atom. The molecule has 0 radical (unpaired) electrons. The van der Waals surface area contributed by atoms with Gasteiger partial charge in [-0.05, 0) is 28.1 Å². The second-order valence-corrected chi connectivity index (χ2v) is 3.49. The number of nitro benzene ring substituents is 1. The number of carboxylic acids is 1. The summed E-state index contributed by atoms with van der Waals surface area (Å²) in [7, 11) is 0. The molecule has 0 aliphatic heterocycles. The van der Waals surface area contributed by atoms with Crippen LogP contribution in [0.1, 0.15) is 5.56 Å². The number of rotatable bonds is 3. The lowest BCUT2D eigenvalue weighted by molar-refractivity contribution is -0.386. The van der Waals surface area contributed by atoms with E-state index in [0.717, 1.165) is 12.1 Å². The monoisotopic (exact) mass is 277 g/mol. The van der Waals surface area contributed by atoms with Crippen molar-refractivity contribution in [1.82, 2.24) is 0 Å². The number of aliphatic carboxylic acids is 1. The molecular weight excluding hydrogens is 273 g/mol. The molecule has 1 aromatic rings. The van der Waals surface area contributed by atoms with Crippen molar-refractivity contribution in [3.05, 3.63) is 38.1 Å². The molecule has 0 heterocycles. The minimum atomic E-state index is -1.21. The summed E-state index contributed by atoms with van der Waals surface area (Å²) >= 11 is 2.71. The molecule has 0 spiro atoms. The van der Waals surface area contributed by atoms with Gasteiger partial charge in [0.15, 0.2) is 0 Å². The molecule has 15 heavy (non-hydrogen) atoms. The van der Waals surface area contributed by atoms with E-state index in [0.29, 0.717) is 0 Å². The van der Waals surface area contributed by atoms with Crippen LogP contribution in [0.4, 0.5) is 10.1 Å². The van der Waals surface area contributed by atoms with Crippen molar-refractivity contribution in [2.24, 2.45) is 0 Å². The summed E-state index contributed by atoms with van der Waals surface area (Å²) in [6.45, 7) is 0. The van der Waals surface area contributed by atoms with Gasteiger partial charge in [0.05, 0.1) is 11.3 Å². The molecule has 7 heteroatoms. The lowest BCUT2D eigenvalue weighted by Gasteiger charge is -2.02. The largest absolute Gasteiger partial charge is 0.481 e. The van der Waals surface area contributed by atoms with E-state index in [9.17, 15) is 19.3 Å². The van der Waals surface area contributed by atoms with E-state index in [-0.39, 0.29) is 10.0 Å². The third-order valence-corrected chi connectivity index (χ3v) is 2.43. The Bertz CT molecular complexity index is 435. The second-order valence-electron chi connectivity index (χ2n) is 2.70. The van der Waals surface area contributed by atoms with Gasteiger partial charge >= 0.3 is 5.97 Å². The average Bonchev–Trinajstić information content (AvgIpc) is 2.10. The van der Waals surface area contributed by atoms with Gasteiger partial charge in [-0.15, -0.1) is 0 Å². The van der Waals surface area contributed by atoms with Gasteiger partial charge in [0.1, 0.15) is 10.3 Å². The van der Waals surface area contributed by atoms with Crippen LogP contribution in [0.5, 0.6) is 0 Å². The molecule has 0 aromatic heterocycles. The molecule has 1 N–H and O–H groups in total. The molecule has 0 unspecified atom stereocenters. The fraction of sp³-hybridized carbons (Fsp3) is 0.125. The maximum absolute atomic E-state index is 13.0. The van der Waals surface area contributed by atoms with Gasteiger partial charge in [0.2, 0.25) is 0 Å². The summed E-state index contributed by atoms with van der Waals surface area (Å²) in [5.41, 5.74) is -0.585. The van der Waals surface area contributed by atoms with E-state index >= 15 is 0 Å². The Morgan fingerprint density at radius 3 is 2.67 bits per heavy atom. The van der Waals surface area contributed by atoms with Crippen LogP contribution in [0.25, 0.3) is 0 Å². The average molecular weight is 278 g/mol. The first-order valence-corrected chi connectivity index (χ1v) is 4.56. The molecule has 0 atom stereocenters. The number of nitrogens with zero attached hydrogens (tertiary/aromatic N) is 1. The first-order valence-electron chi connectivity index (χ1n) is 3.76. The van der Waals surface area contributed by atoms with Crippen LogP contribution in [0, 0.1) is 15.9 Å². The lowest BCUT2D eigenvalue weighted by Crippen LogP contribution is -2.05.